The highest BCUT2D eigenvalue weighted by atomic mass is 32.1. The molecular weight excluding hydrogens is 895 g/mol. The van der Waals surface area contributed by atoms with Crippen LogP contribution in [0.2, 0.25) is 0 Å². The molecule has 2 aromatic heterocycles. The molecule has 0 unspecified atom stereocenters. The molecule has 13 aromatic rings. The number of aromatic nitrogens is 1. The first kappa shape index (κ1) is 41.2. The Balaban J connectivity index is 1.11. The van der Waals surface area contributed by atoms with Crippen LogP contribution in [0.1, 0.15) is 0 Å². The van der Waals surface area contributed by atoms with E-state index in [9.17, 15) is 0 Å². The van der Waals surface area contributed by atoms with Crippen molar-refractivity contribution in [3.8, 4) is 16.8 Å². The summed E-state index contributed by atoms with van der Waals surface area (Å²) < 4.78 is 5.09. The summed E-state index contributed by atoms with van der Waals surface area (Å²) in [4.78, 5) is 5.05. The summed E-state index contributed by atoms with van der Waals surface area (Å²) >= 11 is 1.87. The van der Waals surface area contributed by atoms with Crippen LogP contribution >= 0.6 is 11.3 Å². The SMILES string of the molecule is c1ccc(N2c3ccccc3[Si](c3ccccc3)(c3ccccc3)c3c2n(-c2ccccc2)c2ccc(N(c4ccc(-c5cccc6ccccc56)cc4)c4cccc5c4sc4ccccc45)cc32)cc1. The van der Waals surface area contributed by atoms with E-state index in [-0.39, 0.29) is 0 Å². The molecule has 11 aromatic carbocycles. The van der Waals surface area contributed by atoms with Crippen molar-refractivity contribution in [2.45, 2.75) is 0 Å². The number of fused-ring (bicyclic) bond motifs is 8. The van der Waals surface area contributed by atoms with Crippen molar-refractivity contribution in [1.29, 1.82) is 0 Å². The molecule has 71 heavy (non-hydrogen) atoms. The first-order valence-corrected chi connectivity index (χ1v) is 27.2. The normalized spacial score (nSPS) is 12.9. The molecule has 3 heterocycles. The smallest absolute Gasteiger partial charge is 0.186 e. The van der Waals surface area contributed by atoms with Crippen molar-refractivity contribution in [2.75, 3.05) is 9.80 Å². The molecular formula is C66H45N3SSi. The molecule has 1 aliphatic rings. The third-order valence-corrected chi connectivity index (χ3v) is 20.7. The Morgan fingerprint density at radius 1 is 0.408 bits per heavy atom. The van der Waals surface area contributed by atoms with Gasteiger partial charge in [0.05, 0.1) is 15.9 Å². The lowest BCUT2D eigenvalue weighted by atomic mass is 9.98. The van der Waals surface area contributed by atoms with E-state index in [0.29, 0.717) is 0 Å². The van der Waals surface area contributed by atoms with Gasteiger partial charge < -0.3 is 4.90 Å². The Kier molecular flexibility index (Phi) is 9.73. The van der Waals surface area contributed by atoms with Crippen molar-refractivity contribution in [2.24, 2.45) is 0 Å². The van der Waals surface area contributed by atoms with Gasteiger partial charge in [-0.3, -0.25) is 9.47 Å². The lowest BCUT2D eigenvalue weighted by Crippen LogP contribution is -2.77. The van der Waals surface area contributed by atoms with E-state index in [4.69, 9.17) is 0 Å². The Labute approximate surface area is 418 Å². The van der Waals surface area contributed by atoms with E-state index < -0.39 is 8.07 Å². The van der Waals surface area contributed by atoms with Gasteiger partial charge in [-0.2, -0.15) is 0 Å². The third kappa shape index (κ3) is 6.40. The standard InChI is InChI=1S/C66H45N3SSi/c1-5-23-48(24-6-1)68-59-44-43-51(67(61-36-20-34-57-56-32-15-17-37-62(56)70-64(57)61)50-41-39-47(40-42-50)55-33-19-22-46-21-13-14-31-54(46)55)45-58(59)65-66(68)69(49-25-7-2-8-26-49)60-35-16-18-38-63(60)71(65,52-27-9-3-10-28-52)53-29-11-4-12-30-53/h1-45H. The number of nitrogens with zero attached hydrogens (tertiary/aromatic N) is 3. The topological polar surface area (TPSA) is 11.4 Å². The van der Waals surface area contributed by atoms with Crippen LogP contribution in [0.4, 0.5) is 34.3 Å². The van der Waals surface area contributed by atoms with Crippen LogP contribution in [0.5, 0.6) is 0 Å². The maximum atomic E-state index is 2.54. The molecule has 5 heteroatoms. The maximum absolute atomic E-state index is 3.16. The Morgan fingerprint density at radius 3 is 1.73 bits per heavy atom. The lowest BCUT2D eigenvalue weighted by molar-refractivity contribution is 1.08. The zero-order valence-corrected chi connectivity index (χ0v) is 40.5. The van der Waals surface area contributed by atoms with Gasteiger partial charge in [-0.05, 0) is 110 Å². The number of para-hydroxylation sites is 3. The number of hydrogen-bond donors (Lipinski definition) is 0. The monoisotopic (exact) mass is 939 g/mol. The second-order valence-corrected chi connectivity index (χ2v) is 23.1. The van der Waals surface area contributed by atoms with Gasteiger partial charge in [-0.15, -0.1) is 11.3 Å². The fraction of sp³-hybridized carbons (Fsp3) is 0. The molecule has 0 saturated heterocycles. The van der Waals surface area contributed by atoms with Crippen molar-refractivity contribution in [1.82, 2.24) is 4.57 Å². The van der Waals surface area contributed by atoms with Crippen LogP contribution < -0.4 is 30.5 Å². The molecule has 0 atom stereocenters. The molecule has 0 aliphatic carbocycles. The van der Waals surface area contributed by atoms with Gasteiger partial charge in [0.15, 0.2) is 8.07 Å². The molecule has 14 rings (SSSR count). The van der Waals surface area contributed by atoms with Crippen molar-refractivity contribution < 1.29 is 0 Å². The Bertz CT molecular complexity index is 4070. The predicted molar refractivity (Wildman–Crippen MR) is 306 cm³/mol. The van der Waals surface area contributed by atoms with Crippen molar-refractivity contribution >= 4 is 116 Å². The molecule has 0 amide bonds. The van der Waals surface area contributed by atoms with Gasteiger partial charge in [0, 0.05) is 54.5 Å². The summed E-state index contributed by atoms with van der Waals surface area (Å²) in [5.74, 6) is 1.17. The Morgan fingerprint density at radius 2 is 0.986 bits per heavy atom. The van der Waals surface area contributed by atoms with Crippen LogP contribution in [0, 0.1) is 0 Å². The number of benzene rings is 11. The highest BCUT2D eigenvalue weighted by Gasteiger charge is 2.52. The summed E-state index contributed by atoms with van der Waals surface area (Å²) in [5, 5.41) is 11.7. The van der Waals surface area contributed by atoms with Gasteiger partial charge in [0.2, 0.25) is 0 Å². The summed E-state index contributed by atoms with van der Waals surface area (Å²) in [5.41, 5.74) is 10.4. The number of rotatable bonds is 8. The van der Waals surface area contributed by atoms with Crippen LogP contribution in [0.3, 0.4) is 0 Å². The minimum atomic E-state index is -3.16. The largest absolute Gasteiger partial charge is 0.309 e. The van der Waals surface area contributed by atoms with Gasteiger partial charge in [0.25, 0.3) is 0 Å². The quantitative estimate of drug-likeness (QED) is 0.141. The molecule has 0 N–H and O–H groups in total. The zero-order valence-electron chi connectivity index (χ0n) is 38.7. The van der Waals surface area contributed by atoms with E-state index in [2.05, 4.69) is 287 Å². The zero-order chi connectivity index (χ0) is 46.9. The van der Waals surface area contributed by atoms with E-state index in [1.165, 1.54) is 79.7 Å². The van der Waals surface area contributed by atoms with Gasteiger partial charge in [-0.25, -0.2) is 0 Å². The lowest BCUT2D eigenvalue weighted by Gasteiger charge is -2.44. The van der Waals surface area contributed by atoms with Gasteiger partial charge in [-0.1, -0.05) is 200 Å². The highest BCUT2D eigenvalue weighted by Crippen LogP contribution is 2.48. The van der Waals surface area contributed by atoms with E-state index >= 15 is 0 Å². The predicted octanol–water partition coefficient (Wildman–Crippen LogP) is 15.4. The van der Waals surface area contributed by atoms with Crippen LogP contribution in [-0.2, 0) is 0 Å². The highest BCUT2D eigenvalue weighted by molar-refractivity contribution is 7.26. The van der Waals surface area contributed by atoms with Gasteiger partial charge >= 0.3 is 0 Å². The van der Waals surface area contributed by atoms with E-state index in [0.717, 1.165) is 34.0 Å². The van der Waals surface area contributed by atoms with E-state index in [1.807, 2.05) is 11.3 Å². The average Bonchev–Trinajstić information content (AvgIpc) is 4.01. The number of thiophene rings is 1. The van der Waals surface area contributed by atoms with E-state index in [1.54, 1.807) is 0 Å². The van der Waals surface area contributed by atoms with Crippen molar-refractivity contribution in [3.63, 3.8) is 0 Å². The molecule has 0 fully saturated rings. The molecule has 0 radical (unpaired) electrons. The molecule has 0 bridgehead atoms. The Hall–Kier alpha value is -8.74. The third-order valence-electron chi connectivity index (χ3n) is 14.6. The van der Waals surface area contributed by atoms with Crippen LogP contribution in [0.15, 0.2) is 273 Å². The first-order chi connectivity index (χ1) is 35.3. The second-order valence-electron chi connectivity index (χ2n) is 18.4. The summed E-state index contributed by atoms with van der Waals surface area (Å²) in [6.45, 7) is 0. The molecule has 3 nitrogen and oxygen atoms in total. The number of anilines is 6. The molecule has 334 valence electrons. The summed E-state index contributed by atoms with van der Waals surface area (Å²) in [7, 11) is -3.16. The summed E-state index contributed by atoms with van der Waals surface area (Å²) in [6.07, 6.45) is 0. The van der Waals surface area contributed by atoms with Crippen LogP contribution in [-0.4, -0.2) is 12.6 Å². The molecule has 0 saturated carbocycles. The van der Waals surface area contributed by atoms with Crippen LogP contribution in [0.25, 0.3) is 58.7 Å². The minimum absolute atomic E-state index is 1.10. The summed E-state index contributed by atoms with van der Waals surface area (Å²) in [6, 6.07) is 101. The molecule has 1 aliphatic heterocycles. The molecule has 0 spiro atoms. The second kappa shape index (κ2) is 16.7. The van der Waals surface area contributed by atoms with Crippen molar-refractivity contribution in [3.05, 3.63) is 273 Å². The minimum Gasteiger partial charge on any atom is -0.309 e. The fourth-order valence-corrected chi connectivity index (χ4v) is 18.1. The maximum Gasteiger partial charge on any atom is 0.186 e. The average molecular weight is 940 g/mol. The number of hydrogen-bond acceptors (Lipinski definition) is 3. The fourth-order valence-electron chi connectivity index (χ4n) is 11.6. The first-order valence-electron chi connectivity index (χ1n) is 24.3. The van der Waals surface area contributed by atoms with Gasteiger partial charge in [0.1, 0.15) is 5.82 Å².